The molecule has 0 fully saturated rings. The molecule has 0 unspecified atom stereocenters. The average Bonchev–Trinajstić information content (AvgIpc) is 3.06. The van der Waals surface area contributed by atoms with Crippen molar-refractivity contribution in [1.29, 1.82) is 0 Å². The number of benzene rings is 2. The van der Waals surface area contributed by atoms with Crippen molar-refractivity contribution in [2.24, 2.45) is 0 Å². The summed E-state index contributed by atoms with van der Waals surface area (Å²) in [4.78, 5) is 17.8. The van der Waals surface area contributed by atoms with Gasteiger partial charge in [0.1, 0.15) is 17.4 Å². The van der Waals surface area contributed by atoms with Crippen LogP contribution in [-0.2, 0) is 6.61 Å². The van der Waals surface area contributed by atoms with E-state index >= 15 is 0 Å². The molecule has 0 bridgehead atoms. The van der Waals surface area contributed by atoms with Gasteiger partial charge in [0.2, 0.25) is 0 Å². The maximum absolute atomic E-state index is 12.4. The molecule has 128 valence electrons. The lowest BCUT2D eigenvalue weighted by Gasteiger charge is -2.10. The van der Waals surface area contributed by atoms with E-state index in [1.54, 1.807) is 47.4 Å². The topological polar surface area (TPSA) is 51.2 Å². The van der Waals surface area contributed by atoms with Crippen LogP contribution in [0.5, 0.6) is 5.75 Å². The number of thioether (sulfide) groups is 1. The number of thiazole rings is 1. The van der Waals surface area contributed by atoms with Crippen LogP contribution >= 0.6 is 23.1 Å². The summed E-state index contributed by atoms with van der Waals surface area (Å²) in [6.45, 7) is 2.40. The molecule has 0 radical (unpaired) electrons. The molecule has 1 N–H and O–H groups in total. The van der Waals surface area contributed by atoms with E-state index in [1.165, 1.54) is 0 Å². The third-order valence-electron chi connectivity index (χ3n) is 3.50. The molecule has 3 rings (SSSR count). The van der Waals surface area contributed by atoms with Crippen LogP contribution in [-0.4, -0.2) is 17.1 Å². The van der Waals surface area contributed by atoms with Crippen LogP contribution < -0.4 is 10.1 Å². The molecule has 6 heteroatoms. The number of aromatic nitrogens is 1. The monoisotopic (exact) mass is 370 g/mol. The van der Waals surface area contributed by atoms with Crippen molar-refractivity contribution in [2.45, 2.75) is 18.4 Å². The number of carbonyl (C=O) groups excluding carboxylic acids is 1. The van der Waals surface area contributed by atoms with Crippen molar-refractivity contribution in [2.75, 3.05) is 11.6 Å². The van der Waals surface area contributed by atoms with Gasteiger partial charge in [-0.2, -0.15) is 0 Å². The molecule has 3 aromatic rings. The van der Waals surface area contributed by atoms with Crippen molar-refractivity contribution >= 4 is 34.7 Å². The summed E-state index contributed by atoms with van der Waals surface area (Å²) in [5, 5.41) is 5.89. The maximum atomic E-state index is 12.4. The largest absolute Gasteiger partial charge is 0.486 e. The summed E-state index contributed by atoms with van der Waals surface area (Å²) in [5.41, 5.74) is 2.41. The smallest absolute Gasteiger partial charge is 0.255 e. The number of hydrogen-bond donors (Lipinski definition) is 1. The van der Waals surface area contributed by atoms with Gasteiger partial charge in [0.25, 0.3) is 5.91 Å². The highest BCUT2D eigenvalue weighted by molar-refractivity contribution is 7.98. The van der Waals surface area contributed by atoms with Gasteiger partial charge in [0.05, 0.1) is 5.69 Å². The number of nitrogens with one attached hydrogen (secondary N) is 1. The van der Waals surface area contributed by atoms with Gasteiger partial charge in [-0.1, -0.05) is 12.1 Å². The number of para-hydroxylation sites is 1. The van der Waals surface area contributed by atoms with Crippen LogP contribution in [0.3, 0.4) is 0 Å². The van der Waals surface area contributed by atoms with Gasteiger partial charge in [-0.25, -0.2) is 4.98 Å². The Morgan fingerprint density at radius 1 is 1.20 bits per heavy atom. The predicted molar refractivity (Wildman–Crippen MR) is 104 cm³/mol. The molecular weight excluding hydrogens is 352 g/mol. The number of nitrogens with zero attached hydrogens (tertiary/aromatic N) is 1. The van der Waals surface area contributed by atoms with Crippen molar-refractivity contribution in [3.8, 4) is 5.75 Å². The normalized spacial score (nSPS) is 10.5. The third kappa shape index (κ3) is 4.61. The Morgan fingerprint density at radius 2 is 1.96 bits per heavy atom. The number of ether oxygens (including phenoxy) is 1. The molecule has 1 amide bonds. The number of rotatable bonds is 6. The summed E-state index contributed by atoms with van der Waals surface area (Å²) in [7, 11) is 0. The zero-order valence-electron chi connectivity index (χ0n) is 14.0. The van der Waals surface area contributed by atoms with Gasteiger partial charge in [-0.15, -0.1) is 23.1 Å². The van der Waals surface area contributed by atoms with E-state index < -0.39 is 0 Å². The highest BCUT2D eigenvalue weighted by Gasteiger charge is 2.09. The van der Waals surface area contributed by atoms with Gasteiger partial charge >= 0.3 is 0 Å². The van der Waals surface area contributed by atoms with Crippen molar-refractivity contribution < 1.29 is 9.53 Å². The average molecular weight is 370 g/mol. The van der Waals surface area contributed by atoms with Crippen LogP contribution in [0.15, 0.2) is 58.8 Å². The number of anilines is 1. The molecule has 0 aliphatic carbocycles. The zero-order valence-corrected chi connectivity index (χ0v) is 15.6. The summed E-state index contributed by atoms with van der Waals surface area (Å²) in [6, 6.07) is 14.9. The second-order valence-electron chi connectivity index (χ2n) is 5.35. The SMILES string of the molecule is CSc1ccccc1NC(=O)c1ccc(OCc2nc(C)cs2)cc1. The molecule has 0 saturated heterocycles. The van der Waals surface area contributed by atoms with Gasteiger partial charge < -0.3 is 10.1 Å². The fourth-order valence-electron chi connectivity index (χ4n) is 2.26. The van der Waals surface area contributed by atoms with Gasteiger partial charge in [-0.05, 0) is 49.6 Å². The Hall–Kier alpha value is -2.31. The minimum atomic E-state index is -0.136. The fraction of sp³-hybridized carbons (Fsp3) is 0.158. The van der Waals surface area contributed by atoms with E-state index in [0.29, 0.717) is 17.9 Å². The van der Waals surface area contributed by atoms with E-state index in [0.717, 1.165) is 21.3 Å². The van der Waals surface area contributed by atoms with Gasteiger partial charge in [-0.3, -0.25) is 4.79 Å². The number of carbonyl (C=O) groups is 1. The number of hydrogen-bond acceptors (Lipinski definition) is 5. The molecule has 0 aliphatic rings. The summed E-state index contributed by atoms with van der Waals surface area (Å²) in [6.07, 6.45) is 1.99. The Labute approximate surface area is 155 Å². The van der Waals surface area contributed by atoms with E-state index in [4.69, 9.17) is 4.74 Å². The molecule has 25 heavy (non-hydrogen) atoms. The highest BCUT2D eigenvalue weighted by atomic mass is 32.2. The van der Waals surface area contributed by atoms with Crippen molar-refractivity contribution in [3.05, 3.63) is 70.2 Å². The fourth-order valence-corrected chi connectivity index (χ4v) is 3.50. The number of amides is 1. The van der Waals surface area contributed by atoms with E-state index in [-0.39, 0.29) is 5.91 Å². The van der Waals surface area contributed by atoms with Gasteiger partial charge in [0, 0.05) is 21.5 Å². The summed E-state index contributed by atoms with van der Waals surface area (Å²) < 4.78 is 5.71. The van der Waals surface area contributed by atoms with Crippen LogP contribution in [0.2, 0.25) is 0 Å². The van der Waals surface area contributed by atoms with E-state index in [1.807, 2.05) is 42.8 Å². The Balaban J connectivity index is 1.62. The van der Waals surface area contributed by atoms with Crippen molar-refractivity contribution in [1.82, 2.24) is 4.98 Å². The lowest BCUT2D eigenvalue weighted by molar-refractivity contribution is 0.102. The Morgan fingerprint density at radius 3 is 2.64 bits per heavy atom. The minimum Gasteiger partial charge on any atom is -0.486 e. The molecular formula is C19H18N2O2S2. The third-order valence-corrected chi connectivity index (χ3v) is 5.24. The number of aryl methyl sites for hydroxylation is 1. The predicted octanol–water partition coefficient (Wildman–Crippen LogP) is 5.00. The molecule has 1 heterocycles. The van der Waals surface area contributed by atoms with E-state index in [9.17, 15) is 4.79 Å². The van der Waals surface area contributed by atoms with E-state index in [2.05, 4.69) is 10.3 Å². The van der Waals surface area contributed by atoms with Crippen LogP contribution in [0, 0.1) is 6.92 Å². The standard InChI is InChI=1S/C19H18N2O2S2/c1-13-12-25-18(20-13)11-23-15-9-7-14(8-10-15)19(22)21-16-5-3-4-6-17(16)24-2/h3-10,12H,11H2,1-2H3,(H,21,22). The van der Waals surface area contributed by atoms with Crippen LogP contribution in [0.4, 0.5) is 5.69 Å². The molecule has 0 spiro atoms. The second kappa shape index (κ2) is 8.18. The maximum Gasteiger partial charge on any atom is 0.255 e. The van der Waals surface area contributed by atoms with Crippen molar-refractivity contribution in [3.63, 3.8) is 0 Å². The zero-order chi connectivity index (χ0) is 17.6. The summed E-state index contributed by atoms with van der Waals surface area (Å²) >= 11 is 3.18. The molecule has 4 nitrogen and oxygen atoms in total. The highest BCUT2D eigenvalue weighted by Crippen LogP contribution is 2.25. The lowest BCUT2D eigenvalue weighted by atomic mass is 10.2. The van der Waals surface area contributed by atoms with Crippen LogP contribution in [0.25, 0.3) is 0 Å². The second-order valence-corrected chi connectivity index (χ2v) is 7.14. The molecule has 2 aromatic carbocycles. The Bertz CT molecular complexity index is 860. The Kier molecular flexibility index (Phi) is 5.73. The lowest BCUT2D eigenvalue weighted by Crippen LogP contribution is -2.12. The van der Waals surface area contributed by atoms with Crippen LogP contribution in [0.1, 0.15) is 21.1 Å². The first-order valence-electron chi connectivity index (χ1n) is 7.74. The molecule has 0 saturated carbocycles. The first kappa shape index (κ1) is 17.5. The summed E-state index contributed by atoms with van der Waals surface area (Å²) in [5.74, 6) is 0.581. The molecule has 0 aliphatic heterocycles. The minimum absolute atomic E-state index is 0.136. The van der Waals surface area contributed by atoms with Gasteiger partial charge in [0.15, 0.2) is 0 Å². The molecule has 1 aromatic heterocycles. The first-order valence-corrected chi connectivity index (χ1v) is 9.84. The quantitative estimate of drug-likeness (QED) is 0.620. The first-order chi connectivity index (χ1) is 12.2. The molecule has 0 atom stereocenters.